The third-order valence-electron chi connectivity index (χ3n) is 3.88. The van der Waals surface area contributed by atoms with E-state index >= 15 is 0 Å². The number of aromatic nitrogens is 1. The van der Waals surface area contributed by atoms with E-state index < -0.39 is 41.6 Å². The SMILES string of the molecule is Nc1nc(/C(=[13CH]/[13CH2][13C](=O)O)C(=O)N[C@@H]2C(=O)N3C(C(=O)O)=CCS[C@H]23)cs1. The fourth-order valence-corrected chi connectivity index (χ4v) is 4.43. The molecule has 142 valence electrons. The minimum Gasteiger partial charge on any atom is -0.481 e. The molecule has 0 radical (unpaired) electrons. The number of anilines is 1. The number of aliphatic carboxylic acids is 2. The molecule has 0 unspecified atom stereocenters. The molecule has 2 atom stereocenters. The number of nitrogens with zero attached hydrogens (tertiary/aromatic N) is 2. The molecule has 2 aliphatic heterocycles. The van der Waals surface area contributed by atoms with Crippen LogP contribution in [0.4, 0.5) is 5.13 Å². The van der Waals surface area contributed by atoms with Gasteiger partial charge in [-0.15, -0.1) is 23.1 Å². The summed E-state index contributed by atoms with van der Waals surface area (Å²) in [4.78, 5) is 52.1. The zero-order valence-electron chi connectivity index (χ0n) is 13.6. The highest BCUT2D eigenvalue weighted by Crippen LogP contribution is 2.37. The lowest BCUT2D eigenvalue weighted by atomic mass is 10.0. The molecule has 0 aromatic carbocycles. The van der Waals surface area contributed by atoms with Gasteiger partial charge in [-0.3, -0.25) is 19.3 Å². The maximum atomic E-state index is 12.6. The molecule has 1 fully saturated rings. The number of thioether (sulfide) groups is 1. The summed E-state index contributed by atoms with van der Waals surface area (Å²) in [5, 5.41) is 21.8. The number of nitrogen functional groups attached to an aromatic ring is 1. The minimum absolute atomic E-state index is 0.00795. The van der Waals surface area contributed by atoms with Crippen molar-refractivity contribution in [2.45, 2.75) is 17.8 Å². The number of fused-ring (bicyclic) bond motifs is 1. The topological polar surface area (TPSA) is 163 Å². The number of nitrogens with one attached hydrogen (secondary N) is 1. The van der Waals surface area contributed by atoms with Crippen molar-refractivity contribution < 1.29 is 29.4 Å². The predicted molar refractivity (Wildman–Crippen MR) is 97.5 cm³/mol. The summed E-state index contributed by atoms with van der Waals surface area (Å²) in [5.41, 5.74) is 5.66. The predicted octanol–water partition coefficient (Wildman–Crippen LogP) is -0.0482. The molecule has 0 bridgehead atoms. The molecule has 1 aromatic rings. The minimum atomic E-state index is -1.21. The van der Waals surface area contributed by atoms with Crippen molar-refractivity contribution in [1.82, 2.24) is 15.2 Å². The first-order chi connectivity index (χ1) is 12.8. The van der Waals surface area contributed by atoms with E-state index in [1.807, 2.05) is 0 Å². The van der Waals surface area contributed by atoms with Crippen LogP contribution >= 0.6 is 23.1 Å². The monoisotopic (exact) mass is 413 g/mol. The summed E-state index contributed by atoms with van der Waals surface area (Å²) in [6.07, 6.45) is 2.23. The number of carboxylic acid groups (broad SMARTS) is 2. The maximum absolute atomic E-state index is 12.6. The van der Waals surface area contributed by atoms with Crippen LogP contribution in [-0.2, 0) is 19.2 Å². The van der Waals surface area contributed by atoms with E-state index in [9.17, 15) is 19.2 Å². The average molecular weight is 413 g/mol. The number of hydrogen-bond donors (Lipinski definition) is 4. The van der Waals surface area contributed by atoms with Gasteiger partial charge in [0.25, 0.3) is 11.8 Å². The Bertz CT molecular complexity index is 893. The second-order valence-electron chi connectivity index (χ2n) is 5.56. The Morgan fingerprint density at radius 3 is 2.74 bits per heavy atom. The fraction of sp³-hybridized carbons (Fsp3) is 0.267. The van der Waals surface area contributed by atoms with E-state index in [4.69, 9.17) is 15.9 Å². The summed E-state index contributed by atoms with van der Waals surface area (Å²) in [7, 11) is 0. The van der Waals surface area contributed by atoms with E-state index in [1.165, 1.54) is 29.3 Å². The third-order valence-corrected chi connectivity index (χ3v) is 5.73. The summed E-state index contributed by atoms with van der Waals surface area (Å²) >= 11 is 2.41. The van der Waals surface area contributed by atoms with Crippen molar-refractivity contribution in [2.24, 2.45) is 0 Å². The zero-order chi connectivity index (χ0) is 19.7. The highest BCUT2D eigenvalue weighted by molar-refractivity contribution is 8.00. The Balaban J connectivity index is 1.78. The molecule has 10 nitrogen and oxygen atoms in total. The van der Waals surface area contributed by atoms with E-state index in [1.54, 1.807) is 0 Å². The van der Waals surface area contributed by atoms with E-state index in [-0.39, 0.29) is 22.1 Å². The molecule has 1 saturated heterocycles. The molecule has 0 saturated carbocycles. The van der Waals surface area contributed by atoms with Crippen LogP contribution in [0.5, 0.6) is 0 Å². The Morgan fingerprint density at radius 1 is 1.41 bits per heavy atom. The van der Waals surface area contributed by atoms with E-state index in [2.05, 4.69) is 10.3 Å². The smallest absolute Gasteiger partial charge is 0.352 e. The molecule has 1 aromatic heterocycles. The van der Waals surface area contributed by atoms with Crippen LogP contribution in [0.3, 0.4) is 0 Å². The summed E-state index contributed by atoms with van der Waals surface area (Å²) in [5.74, 6) is -3.16. The Morgan fingerprint density at radius 2 is 2.15 bits per heavy atom. The standard InChI is InChI=1S/C15H14N4O6S2/c16-15-17-7(5-27-15)6(1-2-9(20)21)11(22)18-10-12(23)19-8(14(24)25)3-4-26-13(10)19/h1,3,5,10,13H,2,4H2,(H2,16,17)(H,18,22)(H,20,21)(H,24,25)/b6-1-/t10-,13-/m1/s1/i1+1,2+1,9+1. The first-order valence-electron chi connectivity index (χ1n) is 7.62. The van der Waals surface area contributed by atoms with Gasteiger partial charge in [0.05, 0.1) is 17.7 Å². The fourth-order valence-electron chi connectivity index (χ4n) is 2.67. The second kappa shape index (κ2) is 7.40. The average Bonchev–Trinajstić information content (AvgIpc) is 3.04. The van der Waals surface area contributed by atoms with Gasteiger partial charge in [-0.25, -0.2) is 9.78 Å². The number of carbonyl (C=O) groups is 4. The lowest BCUT2D eigenvalue weighted by Gasteiger charge is -2.48. The molecule has 5 N–H and O–H groups in total. The number of nitrogens with two attached hydrogens (primary N) is 1. The number of carbonyl (C=O) groups excluding carboxylic acids is 2. The maximum Gasteiger partial charge on any atom is 0.352 e. The number of amides is 2. The zero-order valence-corrected chi connectivity index (χ0v) is 15.2. The highest BCUT2D eigenvalue weighted by atomic mass is 32.2. The van der Waals surface area contributed by atoms with E-state index in [0.717, 1.165) is 16.2 Å². The molecule has 12 heteroatoms. The van der Waals surface area contributed by atoms with E-state index in [0.29, 0.717) is 5.75 Å². The van der Waals surface area contributed by atoms with Gasteiger partial charge in [0.1, 0.15) is 17.1 Å². The van der Waals surface area contributed by atoms with Crippen molar-refractivity contribution >= 4 is 57.6 Å². The van der Waals surface area contributed by atoms with Crippen LogP contribution in [0.1, 0.15) is 12.1 Å². The molecule has 0 spiro atoms. The Hall–Kier alpha value is -2.86. The number of carboxylic acids is 2. The first-order valence-corrected chi connectivity index (χ1v) is 9.54. The molecule has 2 aliphatic rings. The number of β-lactam (4-membered cyclic amide) rings is 1. The lowest BCUT2D eigenvalue weighted by Crippen LogP contribution is -2.70. The summed E-state index contributed by atoms with van der Waals surface area (Å²) in [6, 6.07) is -0.908. The molecule has 2 amide bonds. The van der Waals surface area contributed by atoms with Gasteiger partial charge in [-0.2, -0.15) is 0 Å². The largest absolute Gasteiger partial charge is 0.481 e. The molecule has 0 aliphatic carbocycles. The first kappa shape index (κ1) is 18.9. The second-order valence-corrected chi connectivity index (χ2v) is 7.60. The summed E-state index contributed by atoms with van der Waals surface area (Å²) < 4.78 is 0. The van der Waals surface area contributed by atoms with Gasteiger partial charge in [-0.1, -0.05) is 6.08 Å². The molecular weight excluding hydrogens is 399 g/mol. The Kier molecular flexibility index (Phi) is 5.19. The molecule has 3 heterocycles. The normalized spacial score (nSPS) is 21.8. The Labute approximate surface area is 160 Å². The quantitative estimate of drug-likeness (QED) is 0.284. The van der Waals surface area contributed by atoms with Gasteiger partial charge >= 0.3 is 11.9 Å². The number of thiazole rings is 1. The van der Waals surface area contributed by atoms with Gasteiger partial charge in [0.15, 0.2) is 5.13 Å². The third kappa shape index (κ3) is 3.66. The van der Waals surface area contributed by atoms with Crippen LogP contribution < -0.4 is 11.1 Å². The van der Waals surface area contributed by atoms with Crippen LogP contribution in [0.25, 0.3) is 5.57 Å². The van der Waals surface area contributed by atoms with Crippen molar-refractivity contribution in [1.29, 1.82) is 0 Å². The van der Waals surface area contributed by atoms with Gasteiger partial charge in [0.2, 0.25) is 0 Å². The molecule has 3 rings (SSSR count). The lowest BCUT2D eigenvalue weighted by molar-refractivity contribution is -0.150. The van der Waals surface area contributed by atoms with Crippen LogP contribution in [0, 0.1) is 0 Å². The van der Waals surface area contributed by atoms with Gasteiger partial charge < -0.3 is 21.3 Å². The number of hydrogen-bond acceptors (Lipinski definition) is 8. The van der Waals surface area contributed by atoms with Gasteiger partial charge in [-0.05, 0) is 6.08 Å². The van der Waals surface area contributed by atoms with Gasteiger partial charge in [0, 0.05) is 11.1 Å². The van der Waals surface area contributed by atoms with Crippen LogP contribution in [-0.4, -0.2) is 61.0 Å². The molecular formula is C15H14N4O6S2. The van der Waals surface area contributed by atoms with Crippen LogP contribution in [0.15, 0.2) is 23.2 Å². The van der Waals surface area contributed by atoms with Crippen molar-refractivity contribution in [2.75, 3.05) is 11.5 Å². The summed E-state index contributed by atoms with van der Waals surface area (Å²) in [6.45, 7) is 0. The van der Waals surface area contributed by atoms with Crippen LogP contribution in [0.2, 0.25) is 0 Å². The highest BCUT2D eigenvalue weighted by Gasteiger charge is 2.52. The molecule has 27 heavy (non-hydrogen) atoms. The number of rotatable bonds is 6. The van der Waals surface area contributed by atoms with Crippen molar-refractivity contribution in [3.63, 3.8) is 0 Å². The van der Waals surface area contributed by atoms with Crippen molar-refractivity contribution in [3.8, 4) is 0 Å². The van der Waals surface area contributed by atoms with Crippen molar-refractivity contribution in [3.05, 3.63) is 28.9 Å².